The number of hydrogen-bond acceptors (Lipinski definition) is 3. The van der Waals surface area contributed by atoms with Crippen LogP contribution < -0.4 is 5.32 Å². The van der Waals surface area contributed by atoms with Crippen LogP contribution in [0.25, 0.3) is 0 Å². The fourth-order valence-corrected chi connectivity index (χ4v) is 1.32. The number of carbonyl (C=O) groups excluding carboxylic acids is 1. The van der Waals surface area contributed by atoms with Gasteiger partial charge in [-0.15, -0.1) is 0 Å². The summed E-state index contributed by atoms with van der Waals surface area (Å²) in [5.41, 5.74) is 0.455. The van der Waals surface area contributed by atoms with Crippen LogP contribution in [0, 0.1) is 5.82 Å². The van der Waals surface area contributed by atoms with Crippen molar-refractivity contribution in [2.75, 3.05) is 33.5 Å². The lowest BCUT2D eigenvalue weighted by Gasteiger charge is -2.06. The predicted octanol–water partition coefficient (Wildman–Crippen LogP) is 1.61. The number of hydrogen-bond donors (Lipinski definition) is 1. The Morgan fingerprint density at radius 3 is 2.61 bits per heavy atom. The van der Waals surface area contributed by atoms with E-state index in [0.29, 0.717) is 31.9 Å². The molecule has 1 aromatic carbocycles. The van der Waals surface area contributed by atoms with E-state index in [2.05, 4.69) is 5.32 Å². The van der Waals surface area contributed by atoms with E-state index in [9.17, 15) is 9.18 Å². The van der Waals surface area contributed by atoms with Gasteiger partial charge in [-0.2, -0.15) is 0 Å². The van der Waals surface area contributed by atoms with Gasteiger partial charge in [0.2, 0.25) is 0 Å². The van der Waals surface area contributed by atoms with Crippen LogP contribution in [0.2, 0.25) is 0 Å². The number of ether oxygens (including phenoxy) is 2. The van der Waals surface area contributed by atoms with Crippen LogP contribution in [0.5, 0.6) is 0 Å². The van der Waals surface area contributed by atoms with E-state index in [-0.39, 0.29) is 11.7 Å². The maximum absolute atomic E-state index is 12.6. The minimum absolute atomic E-state index is 0.202. The number of halogens is 1. The fourth-order valence-electron chi connectivity index (χ4n) is 1.32. The summed E-state index contributed by atoms with van der Waals surface area (Å²) in [5.74, 6) is -0.551. The first-order chi connectivity index (χ1) is 8.74. The Labute approximate surface area is 106 Å². The summed E-state index contributed by atoms with van der Waals surface area (Å²) in [4.78, 5) is 11.6. The Morgan fingerprint density at radius 1 is 1.22 bits per heavy atom. The minimum Gasteiger partial charge on any atom is -0.382 e. The van der Waals surface area contributed by atoms with Crippen LogP contribution in [0.1, 0.15) is 16.8 Å². The highest BCUT2D eigenvalue weighted by molar-refractivity contribution is 5.94. The topological polar surface area (TPSA) is 47.6 Å². The molecule has 1 aromatic rings. The molecule has 0 heterocycles. The molecule has 0 unspecified atom stereocenters. The van der Waals surface area contributed by atoms with Crippen molar-refractivity contribution >= 4 is 5.91 Å². The van der Waals surface area contributed by atoms with E-state index in [1.165, 1.54) is 24.3 Å². The highest BCUT2D eigenvalue weighted by Gasteiger charge is 2.03. The highest BCUT2D eigenvalue weighted by atomic mass is 19.1. The maximum atomic E-state index is 12.6. The first kappa shape index (κ1) is 14.6. The van der Waals surface area contributed by atoms with Gasteiger partial charge in [-0.05, 0) is 30.7 Å². The van der Waals surface area contributed by atoms with E-state index >= 15 is 0 Å². The summed E-state index contributed by atoms with van der Waals surface area (Å²) in [6.07, 6.45) is 0.733. The van der Waals surface area contributed by atoms with Crippen molar-refractivity contribution < 1.29 is 18.7 Å². The van der Waals surface area contributed by atoms with Gasteiger partial charge in [0.15, 0.2) is 0 Å². The summed E-state index contributed by atoms with van der Waals surface area (Å²) < 4.78 is 22.7. The van der Waals surface area contributed by atoms with E-state index in [1.54, 1.807) is 7.11 Å². The molecule has 1 N–H and O–H groups in total. The Hall–Kier alpha value is -1.46. The van der Waals surface area contributed by atoms with Crippen molar-refractivity contribution in [2.45, 2.75) is 6.42 Å². The molecule has 0 atom stereocenters. The highest BCUT2D eigenvalue weighted by Crippen LogP contribution is 2.02. The van der Waals surface area contributed by atoms with E-state index in [0.717, 1.165) is 6.42 Å². The van der Waals surface area contributed by atoms with Crippen molar-refractivity contribution in [3.8, 4) is 0 Å². The monoisotopic (exact) mass is 255 g/mol. The zero-order valence-corrected chi connectivity index (χ0v) is 10.4. The summed E-state index contributed by atoms with van der Waals surface area (Å²) >= 11 is 0. The molecule has 0 spiro atoms. The molecule has 0 aliphatic carbocycles. The van der Waals surface area contributed by atoms with Crippen molar-refractivity contribution in [3.05, 3.63) is 35.6 Å². The minimum atomic E-state index is -0.349. The summed E-state index contributed by atoms with van der Waals surface area (Å²) in [5, 5.41) is 2.74. The summed E-state index contributed by atoms with van der Waals surface area (Å²) in [7, 11) is 1.62. The smallest absolute Gasteiger partial charge is 0.251 e. The van der Waals surface area contributed by atoms with Crippen LogP contribution in [0.3, 0.4) is 0 Å². The Bertz CT molecular complexity index is 354. The molecule has 0 saturated carbocycles. The molecule has 1 amide bonds. The number of methoxy groups -OCH3 is 1. The first-order valence-electron chi connectivity index (χ1n) is 5.84. The van der Waals surface area contributed by atoms with Crippen LogP contribution >= 0.6 is 0 Å². The number of rotatable bonds is 8. The molecule has 0 radical (unpaired) electrons. The van der Waals surface area contributed by atoms with Gasteiger partial charge in [0.05, 0.1) is 13.2 Å². The number of nitrogens with one attached hydrogen (secondary N) is 1. The molecule has 100 valence electrons. The molecule has 0 fully saturated rings. The summed E-state index contributed by atoms with van der Waals surface area (Å²) in [6, 6.07) is 5.45. The molecule has 1 rings (SSSR count). The SMILES string of the molecule is COCCOCCCNC(=O)c1ccc(F)cc1. The Morgan fingerprint density at radius 2 is 1.94 bits per heavy atom. The van der Waals surface area contributed by atoms with Crippen molar-refractivity contribution in [3.63, 3.8) is 0 Å². The van der Waals surface area contributed by atoms with Gasteiger partial charge >= 0.3 is 0 Å². The van der Waals surface area contributed by atoms with E-state index < -0.39 is 0 Å². The van der Waals surface area contributed by atoms with Crippen molar-refractivity contribution in [1.82, 2.24) is 5.32 Å². The number of amides is 1. The van der Waals surface area contributed by atoms with Gasteiger partial charge in [0.25, 0.3) is 5.91 Å². The second-order valence-electron chi connectivity index (χ2n) is 3.72. The van der Waals surface area contributed by atoms with Crippen molar-refractivity contribution in [1.29, 1.82) is 0 Å². The average molecular weight is 255 g/mol. The second-order valence-corrected chi connectivity index (χ2v) is 3.72. The lowest BCUT2D eigenvalue weighted by Crippen LogP contribution is -2.25. The molecule has 0 bridgehead atoms. The van der Waals surface area contributed by atoms with E-state index in [4.69, 9.17) is 9.47 Å². The average Bonchev–Trinajstić information content (AvgIpc) is 2.38. The standard InChI is InChI=1S/C13H18FNO3/c1-17-9-10-18-8-2-7-15-13(16)11-3-5-12(14)6-4-11/h3-6H,2,7-10H2,1H3,(H,15,16). The molecule has 4 nitrogen and oxygen atoms in total. The summed E-state index contributed by atoms with van der Waals surface area (Å²) in [6.45, 7) is 2.24. The lowest BCUT2D eigenvalue weighted by atomic mass is 10.2. The third-order valence-electron chi connectivity index (χ3n) is 2.29. The van der Waals surface area contributed by atoms with Crippen LogP contribution in [0.15, 0.2) is 24.3 Å². The third kappa shape index (κ3) is 5.75. The van der Waals surface area contributed by atoms with Crippen molar-refractivity contribution in [2.24, 2.45) is 0 Å². The normalized spacial score (nSPS) is 10.3. The van der Waals surface area contributed by atoms with Crippen LogP contribution in [-0.2, 0) is 9.47 Å². The fraction of sp³-hybridized carbons (Fsp3) is 0.462. The molecule has 0 aromatic heterocycles. The van der Waals surface area contributed by atoms with Gasteiger partial charge in [-0.3, -0.25) is 4.79 Å². The number of benzene rings is 1. The number of carbonyl (C=O) groups is 1. The quantitative estimate of drug-likeness (QED) is 0.718. The Balaban J connectivity index is 2.12. The Kier molecular flexibility index (Phi) is 6.98. The molecule has 5 heteroatoms. The van der Waals surface area contributed by atoms with E-state index in [1.807, 2.05) is 0 Å². The first-order valence-corrected chi connectivity index (χ1v) is 5.84. The maximum Gasteiger partial charge on any atom is 0.251 e. The van der Waals surface area contributed by atoms with Crippen LogP contribution in [-0.4, -0.2) is 39.4 Å². The van der Waals surface area contributed by atoms with Gasteiger partial charge < -0.3 is 14.8 Å². The van der Waals surface area contributed by atoms with Crippen LogP contribution in [0.4, 0.5) is 4.39 Å². The molecule has 0 saturated heterocycles. The molecular formula is C13H18FNO3. The molecular weight excluding hydrogens is 237 g/mol. The molecule has 0 aliphatic rings. The molecule has 0 aliphatic heterocycles. The van der Waals surface area contributed by atoms with Gasteiger partial charge in [0.1, 0.15) is 5.82 Å². The predicted molar refractivity (Wildman–Crippen MR) is 66.0 cm³/mol. The second kappa shape index (κ2) is 8.60. The largest absolute Gasteiger partial charge is 0.382 e. The van der Waals surface area contributed by atoms with Gasteiger partial charge in [-0.1, -0.05) is 0 Å². The zero-order chi connectivity index (χ0) is 13.2. The third-order valence-corrected chi connectivity index (χ3v) is 2.29. The zero-order valence-electron chi connectivity index (χ0n) is 10.4. The van der Waals surface area contributed by atoms with Gasteiger partial charge in [-0.25, -0.2) is 4.39 Å². The molecule has 18 heavy (non-hydrogen) atoms. The van der Waals surface area contributed by atoms with Gasteiger partial charge in [0, 0.05) is 25.8 Å². The lowest BCUT2D eigenvalue weighted by molar-refractivity contribution is 0.0688.